The second kappa shape index (κ2) is 4.99. The van der Waals surface area contributed by atoms with Crippen LogP contribution >= 0.6 is 0 Å². The first-order chi connectivity index (χ1) is 8.83. The number of benzene rings is 2. The summed E-state index contributed by atoms with van der Waals surface area (Å²) in [6.45, 7) is 0. The van der Waals surface area contributed by atoms with Crippen molar-refractivity contribution in [2.24, 2.45) is 0 Å². The van der Waals surface area contributed by atoms with E-state index >= 15 is 0 Å². The summed E-state index contributed by atoms with van der Waals surface area (Å²) in [5, 5.41) is 12.3. The van der Waals surface area contributed by atoms with Crippen LogP contribution in [0.3, 0.4) is 0 Å². The van der Waals surface area contributed by atoms with Crippen LogP contribution in [-0.2, 0) is 0 Å². The maximum Gasteiger partial charge on any atom is 0.124 e. The average molecular weight is 242 g/mol. The summed E-state index contributed by atoms with van der Waals surface area (Å²) in [7, 11) is 0. The fourth-order valence-electron chi connectivity index (χ4n) is 2.63. The van der Waals surface area contributed by atoms with Gasteiger partial charge in [0.2, 0.25) is 0 Å². The van der Waals surface area contributed by atoms with E-state index in [1.807, 2.05) is 18.2 Å². The fraction of sp³-hybridized carbons (Fsp3) is 0.375. The molecule has 1 aliphatic carbocycles. The largest absolute Gasteiger partial charge is 0.488 e. The molecule has 0 spiro atoms. The Balaban J connectivity index is 1.81. The number of rotatable bonds is 2. The molecule has 0 heterocycles. The predicted molar refractivity (Wildman–Crippen MR) is 72.8 cm³/mol. The number of aliphatic hydroxyl groups excluding tert-OH is 1. The molecule has 2 atom stereocenters. The minimum absolute atomic E-state index is 0.0417. The Morgan fingerprint density at radius 2 is 1.72 bits per heavy atom. The highest BCUT2D eigenvalue weighted by Crippen LogP contribution is 2.26. The van der Waals surface area contributed by atoms with Gasteiger partial charge in [0.25, 0.3) is 0 Å². The van der Waals surface area contributed by atoms with Crippen molar-refractivity contribution in [2.75, 3.05) is 0 Å². The van der Waals surface area contributed by atoms with Crippen LogP contribution < -0.4 is 4.74 Å². The minimum Gasteiger partial charge on any atom is -0.488 e. The lowest BCUT2D eigenvalue weighted by atomic mass is 9.95. The number of hydrogen-bond donors (Lipinski definition) is 1. The molecule has 0 amide bonds. The molecule has 2 heteroatoms. The summed E-state index contributed by atoms with van der Waals surface area (Å²) in [6.07, 6.45) is 3.71. The molecule has 0 saturated heterocycles. The van der Waals surface area contributed by atoms with E-state index in [1.54, 1.807) is 0 Å². The SMILES string of the molecule is O[C@H]1CCCC[C@H]1Oc1ccc2ccccc2c1. The Hall–Kier alpha value is -1.54. The van der Waals surface area contributed by atoms with Crippen LogP contribution in [0.25, 0.3) is 10.8 Å². The summed E-state index contributed by atoms with van der Waals surface area (Å²) in [5.74, 6) is 0.861. The van der Waals surface area contributed by atoms with Gasteiger partial charge in [-0.15, -0.1) is 0 Å². The van der Waals surface area contributed by atoms with Gasteiger partial charge in [-0.1, -0.05) is 36.8 Å². The zero-order valence-corrected chi connectivity index (χ0v) is 10.4. The first-order valence-corrected chi connectivity index (χ1v) is 6.66. The predicted octanol–water partition coefficient (Wildman–Crippen LogP) is 3.52. The van der Waals surface area contributed by atoms with Crippen molar-refractivity contribution in [3.63, 3.8) is 0 Å². The molecule has 2 aromatic carbocycles. The van der Waals surface area contributed by atoms with E-state index in [0.717, 1.165) is 31.4 Å². The Morgan fingerprint density at radius 3 is 2.56 bits per heavy atom. The van der Waals surface area contributed by atoms with Crippen LogP contribution in [0.5, 0.6) is 5.75 Å². The molecular weight excluding hydrogens is 224 g/mol. The standard InChI is InChI=1S/C16H18O2/c17-15-7-3-4-8-16(15)18-14-10-9-12-5-1-2-6-13(12)11-14/h1-2,5-6,9-11,15-17H,3-4,7-8H2/t15-,16+/m0/s1. The lowest BCUT2D eigenvalue weighted by molar-refractivity contribution is 0.00695. The van der Waals surface area contributed by atoms with Crippen molar-refractivity contribution in [3.05, 3.63) is 42.5 Å². The van der Waals surface area contributed by atoms with Crippen LogP contribution in [-0.4, -0.2) is 17.3 Å². The third-order valence-corrected chi connectivity index (χ3v) is 3.68. The van der Waals surface area contributed by atoms with Gasteiger partial charge in [0, 0.05) is 0 Å². The lowest BCUT2D eigenvalue weighted by Crippen LogP contribution is -2.34. The van der Waals surface area contributed by atoms with Crippen molar-refractivity contribution in [2.45, 2.75) is 37.9 Å². The summed E-state index contributed by atoms with van der Waals surface area (Å²) >= 11 is 0. The molecule has 1 saturated carbocycles. The van der Waals surface area contributed by atoms with Crippen LogP contribution in [0.4, 0.5) is 0 Å². The van der Waals surface area contributed by atoms with Crippen LogP contribution in [0, 0.1) is 0 Å². The monoisotopic (exact) mass is 242 g/mol. The normalized spacial score (nSPS) is 24.1. The highest BCUT2D eigenvalue weighted by molar-refractivity contribution is 5.83. The summed E-state index contributed by atoms with van der Waals surface area (Å²) in [5.41, 5.74) is 0. The molecule has 1 fully saturated rings. The second-order valence-corrected chi connectivity index (χ2v) is 5.02. The molecule has 1 aliphatic rings. The molecule has 0 radical (unpaired) electrons. The topological polar surface area (TPSA) is 29.5 Å². The molecule has 3 rings (SSSR count). The summed E-state index contributed by atoms with van der Waals surface area (Å²) in [6, 6.07) is 14.4. The van der Waals surface area contributed by atoms with Gasteiger partial charge in [0.05, 0.1) is 6.10 Å². The number of fused-ring (bicyclic) bond motifs is 1. The average Bonchev–Trinajstić information content (AvgIpc) is 2.41. The first kappa shape index (κ1) is 11.5. The molecule has 2 nitrogen and oxygen atoms in total. The van der Waals surface area contributed by atoms with E-state index in [-0.39, 0.29) is 12.2 Å². The van der Waals surface area contributed by atoms with E-state index in [9.17, 15) is 5.11 Å². The zero-order chi connectivity index (χ0) is 12.4. The first-order valence-electron chi connectivity index (χ1n) is 6.66. The number of hydrogen-bond acceptors (Lipinski definition) is 2. The van der Waals surface area contributed by atoms with E-state index in [1.165, 1.54) is 10.8 Å². The van der Waals surface area contributed by atoms with Gasteiger partial charge in [0.1, 0.15) is 11.9 Å². The van der Waals surface area contributed by atoms with Crippen LogP contribution in [0.1, 0.15) is 25.7 Å². The van der Waals surface area contributed by atoms with Crippen molar-refractivity contribution in [3.8, 4) is 5.75 Å². The van der Waals surface area contributed by atoms with Gasteiger partial charge < -0.3 is 9.84 Å². The molecule has 0 aliphatic heterocycles. The van der Waals surface area contributed by atoms with E-state index in [4.69, 9.17) is 4.74 Å². The Morgan fingerprint density at radius 1 is 0.944 bits per heavy atom. The molecule has 18 heavy (non-hydrogen) atoms. The minimum atomic E-state index is -0.315. The molecule has 0 unspecified atom stereocenters. The van der Waals surface area contributed by atoms with E-state index in [2.05, 4.69) is 24.3 Å². The zero-order valence-electron chi connectivity index (χ0n) is 10.4. The highest BCUT2D eigenvalue weighted by Gasteiger charge is 2.24. The van der Waals surface area contributed by atoms with Crippen LogP contribution in [0.15, 0.2) is 42.5 Å². The molecule has 1 N–H and O–H groups in total. The summed E-state index contributed by atoms with van der Waals surface area (Å²) in [4.78, 5) is 0. The quantitative estimate of drug-likeness (QED) is 0.873. The lowest BCUT2D eigenvalue weighted by Gasteiger charge is -2.28. The van der Waals surface area contributed by atoms with Gasteiger partial charge in [-0.05, 0) is 42.2 Å². The Labute approximate surface area is 107 Å². The molecule has 0 aromatic heterocycles. The Bertz CT molecular complexity index is 535. The van der Waals surface area contributed by atoms with Crippen molar-refractivity contribution in [1.82, 2.24) is 0 Å². The number of aliphatic hydroxyl groups is 1. The number of ether oxygens (including phenoxy) is 1. The summed E-state index contributed by atoms with van der Waals surface area (Å²) < 4.78 is 5.93. The third-order valence-electron chi connectivity index (χ3n) is 3.68. The van der Waals surface area contributed by atoms with E-state index < -0.39 is 0 Å². The van der Waals surface area contributed by atoms with Gasteiger partial charge in [-0.2, -0.15) is 0 Å². The molecule has 2 aromatic rings. The second-order valence-electron chi connectivity index (χ2n) is 5.02. The Kier molecular flexibility index (Phi) is 3.20. The smallest absolute Gasteiger partial charge is 0.124 e. The van der Waals surface area contributed by atoms with Gasteiger partial charge in [0.15, 0.2) is 0 Å². The maximum absolute atomic E-state index is 9.92. The third kappa shape index (κ3) is 2.34. The molecule has 0 bridgehead atoms. The van der Waals surface area contributed by atoms with Crippen molar-refractivity contribution < 1.29 is 9.84 Å². The van der Waals surface area contributed by atoms with Crippen LogP contribution in [0.2, 0.25) is 0 Å². The maximum atomic E-state index is 9.92. The fourth-order valence-corrected chi connectivity index (χ4v) is 2.63. The van der Waals surface area contributed by atoms with Gasteiger partial charge in [-0.25, -0.2) is 0 Å². The van der Waals surface area contributed by atoms with Gasteiger partial charge in [-0.3, -0.25) is 0 Å². The van der Waals surface area contributed by atoms with E-state index in [0.29, 0.717) is 0 Å². The highest BCUT2D eigenvalue weighted by atomic mass is 16.5. The van der Waals surface area contributed by atoms with Crippen molar-refractivity contribution in [1.29, 1.82) is 0 Å². The van der Waals surface area contributed by atoms with Gasteiger partial charge >= 0.3 is 0 Å². The molecular formula is C16H18O2. The van der Waals surface area contributed by atoms with Crippen molar-refractivity contribution >= 4 is 10.8 Å². The molecule has 94 valence electrons.